The Hall–Kier alpha value is -0.930. The summed E-state index contributed by atoms with van der Waals surface area (Å²) in [7, 11) is 2.19. The summed E-state index contributed by atoms with van der Waals surface area (Å²) in [5.41, 5.74) is 6.96. The molecule has 1 fully saturated rings. The molecule has 1 aliphatic rings. The average Bonchev–Trinajstić information content (AvgIpc) is 2.26. The van der Waals surface area contributed by atoms with Crippen LogP contribution in [-0.4, -0.2) is 36.1 Å². The standard InChI is InChI=1S/C13H21N3/c1-16(10-11-8-12(14)9-11)7-5-13-4-2-3-6-15-13/h2-4,6,11-12H,5,7-10,14H2,1H3. The Morgan fingerprint density at radius 2 is 2.25 bits per heavy atom. The molecule has 1 aromatic heterocycles. The van der Waals surface area contributed by atoms with Crippen LogP contribution in [0.2, 0.25) is 0 Å². The van der Waals surface area contributed by atoms with Gasteiger partial charge in [-0.1, -0.05) is 6.07 Å². The van der Waals surface area contributed by atoms with Gasteiger partial charge in [0.15, 0.2) is 0 Å². The fourth-order valence-electron chi connectivity index (χ4n) is 2.32. The van der Waals surface area contributed by atoms with Gasteiger partial charge in [0, 0.05) is 37.4 Å². The van der Waals surface area contributed by atoms with Gasteiger partial charge >= 0.3 is 0 Å². The molecule has 1 aromatic rings. The predicted molar refractivity (Wildman–Crippen MR) is 66.1 cm³/mol. The minimum Gasteiger partial charge on any atom is -0.328 e. The van der Waals surface area contributed by atoms with Crippen molar-refractivity contribution in [2.75, 3.05) is 20.1 Å². The lowest BCUT2D eigenvalue weighted by molar-refractivity contribution is 0.183. The highest BCUT2D eigenvalue weighted by atomic mass is 15.1. The zero-order chi connectivity index (χ0) is 11.4. The first kappa shape index (κ1) is 11.6. The van der Waals surface area contributed by atoms with E-state index in [4.69, 9.17) is 5.73 Å². The van der Waals surface area contributed by atoms with Crippen LogP contribution in [0, 0.1) is 5.92 Å². The van der Waals surface area contributed by atoms with E-state index in [-0.39, 0.29) is 0 Å². The van der Waals surface area contributed by atoms with Gasteiger partial charge in [0.1, 0.15) is 0 Å². The van der Waals surface area contributed by atoms with Crippen LogP contribution in [0.3, 0.4) is 0 Å². The summed E-state index contributed by atoms with van der Waals surface area (Å²) in [6.07, 6.45) is 5.30. The molecule has 0 unspecified atom stereocenters. The fraction of sp³-hybridized carbons (Fsp3) is 0.615. The van der Waals surface area contributed by atoms with Crippen LogP contribution in [0.15, 0.2) is 24.4 Å². The highest BCUT2D eigenvalue weighted by Gasteiger charge is 2.26. The van der Waals surface area contributed by atoms with Gasteiger partial charge in [-0.3, -0.25) is 4.98 Å². The van der Waals surface area contributed by atoms with Crippen LogP contribution in [0.5, 0.6) is 0 Å². The Morgan fingerprint density at radius 1 is 1.44 bits per heavy atom. The van der Waals surface area contributed by atoms with Crippen LogP contribution in [0.1, 0.15) is 18.5 Å². The van der Waals surface area contributed by atoms with Crippen molar-refractivity contribution in [2.24, 2.45) is 11.7 Å². The van der Waals surface area contributed by atoms with Crippen molar-refractivity contribution in [1.29, 1.82) is 0 Å². The van der Waals surface area contributed by atoms with Crippen molar-refractivity contribution < 1.29 is 0 Å². The molecule has 2 N–H and O–H groups in total. The number of nitrogens with two attached hydrogens (primary N) is 1. The number of nitrogens with zero attached hydrogens (tertiary/aromatic N) is 2. The molecule has 0 saturated heterocycles. The summed E-state index contributed by atoms with van der Waals surface area (Å²) in [4.78, 5) is 6.72. The predicted octanol–water partition coefficient (Wildman–Crippen LogP) is 1.29. The Labute approximate surface area is 97.7 Å². The molecule has 0 amide bonds. The van der Waals surface area contributed by atoms with Crippen molar-refractivity contribution >= 4 is 0 Å². The maximum Gasteiger partial charge on any atom is 0.0416 e. The molecule has 0 spiro atoms. The molecular weight excluding hydrogens is 198 g/mol. The van der Waals surface area contributed by atoms with E-state index >= 15 is 0 Å². The molecule has 1 aliphatic carbocycles. The SMILES string of the molecule is CN(CCc1ccccn1)CC1CC(N)C1. The highest BCUT2D eigenvalue weighted by Crippen LogP contribution is 2.25. The van der Waals surface area contributed by atoms with Gasteiger partial charge in [-0.2, -0.15) is 0 Å². The van der Waals surface area contributed by atoms with Crippen LogP contribution in [0.25, 0.3) is 0 Å². The summed E-state index contributed by atoms with van der Waals surface area (Å²) in [6.45, 7) is 2.27. The molecule has 16 heavy (non-hydrogen) atoms. The van der Waals surface area contributed by atoms with Crippen molar-refractivity contribution in [2.45, 2.75) is 25.3 Å². The minimum absolute atomic E-state index is 0.467. The monoisotopic (exact) mass is 219 g/mol. The third-order valence-electron chi connectivity index (χ3n) is 3.32. The minimum atomic E-state index is 0.467. The Kier molecular flexibility index (Phi) is 3.91. The third-order valence-corrected chi connectivity index (χ3v) is 3.32. The van der Waals surface area contributed by atoms with Crippen LogP contribution < -0.4 is 5.73 Å². The molecule has 1 heterocycles. The van der Waals surface area contributed by atoms with E-state index in [2.05, 4.69) is 23.0 Å². The summed E-state index contributed by atoms with van der Waals surface area (Å²) in [5, 5.41) is 0. The molecule has 0 aromatic carbocycles. The lowest BCUT2D eigenvalue weighted by Crippen LogP contribution is -2.42. The normalized spacial score (nSPS) is 24.4. The molecular formula is C13H21N3. The van der Waals surface area contributed by atoms with E-state index in [1.165, 1.54) is 25.1 Å². The van der Waals surface area contributed by atoms with Gasteiger partial charge in [0.2, 0.25) is 0 Å². The summed E-state index contributed by atoms with van der Waals surface area (Å²) in [5.74, 6) is 0.823. The smallest absolute Gasteiger partial charge is 0.0416 e. The Balaban J connectivity index is 1.66. The second-order valence-corrected chi connectivity index (χ2v) is 4.93. The number of hydrogen-bond acceptors (Lipinski definition) is 3. The maximum absolute atomic E-state index is 5.78. The third kappa shape index (κ3) is 3.29. The zero-order valence-electron chi connectivity index (χ0n) is 9.97. The number of rotatable bonds is 5. The summed E-state index contributed by atoms with van der Waals surface area (Å²) < 4.78 is 0. The van der Waals surface area contributed by atoms with Gasteiger partial charge in [-0.25, -0.2) is 0 Å². The molecule has 0 atom stereocenters. The number of aromatic nitrogens is 1. The average molecular weight is 219 g/mol. The first-order valence-electron chi connectivity index (χ1n) is 6.08. The molecule has 88 valence electrons. The van der Waals surface area contributed by atoms with Crippen molar-refractivity contribution in [3.05, 3.63) is 30.1 Å². The molecule has 0 aliphatic heterocycles. The Morgan fingerprint density at radius 3 is 2.88 bits per heavy atom. The first-order chi connectivity index (χ1) is 7.74. The second kappa shape index (κ2) is 5.41. The van der Waals surface area contributed by atoms with Gasteiger partial charge in [-0.05, 0) is 37.9 Å². The molecule has 3 heteroatoms. The number of hydrogen-bond donors (Lipinski definition) is 1. The van der Waals surface area contributed by atoms with E-state index in [9.17, 15) is 0 Å². The summed E-state index contributed by atoms with van der Waals surface area (Å²) in [6, 6.07) is 6.57. The van der Waals surface area contributed by atoms with E-state index in [0.29, 0.717) is 6.04 Å². The molecule has 1 saturated carbocycles. The molecule has 2 rings (SSSR count). The lowest BCUT2D eigenvalue weighted by Gasteiger charge is -2.35. The van der Waals surface area contributed by atoms with Crippen LogP contribution in [0.4, 0.5) is 0 Å². The Bertz CT molecular complexity index is 306. The van der Waals surface area contributed by atoms with E-state index < -0.39 is 0 Å². The molecule has 0 bridgehead atoms. The topological polar surface area (TPSA) is 42.2 Å². The fourth-order valence-corrected chi connectivity index (χ4v) is 2.32. The van der Waals surface area contributed by atoms with Gasteiger partial charge in [0.25, 0.3) is 0 Å². The van der Waals surface area contributed by atoms with Gasteiger partial charge in [-0.15, -0.1) is 0 Å². The van der Waals surface area contributed by atoms with Crippen molar-refractivity contribution in [3.63, 3.8) is 0 Å². The summed E-state index contributed by atoms with van der Waals surface area (Å²) >= 11 is 0. The van der Waals surface area contributed by atoms with Gasteiger partial charge < -0.3 is 10.6 Å². The van der Waals surface area contributed by atoms with Gasteiger partial charge in [0.05, 0.1) is 0 Å². The lowest BCUT2D eigenvalue weighted by atomic mass is 9.80. The van der Waals surface area contributed by atoms with E-state index in [1.807, 2.05) is 18.3 Å². The van der Waals surface area contributed by atoms with E-state index in [0.717, 1.165) is 18.9 Å². The van der Waals surface area contributed by atoms with Crippen LogP contribution >= 0.6 is 0 Å². The molecule has 3 nitrogen and oxygen atoms in total. The van der Waals surface area contributed by atoms with Crippen molar-refractivity contribution in [1.82, 2.24) is 9.88 Å². The second-order valence-electron chi connectivity index (χ2n) is 4.93. The quantitative estimate of drug-likeness (QED) is 0.811. The van der Waals surface area contributed by atoms with E-state index in [1.54, 1.807) is 0 Å². The number of pyridine rings is 1. The van der Waals surface area contributed by atoms with Crippen LogP contribution in [-0.2, 0) is 6.42 Å². The first-order valence-corrected chi connectivity index (χ1v) is 6.08. The van der Waals surface area contributed by atoms with Crippen molar-refractivity contribution in [3.8, 4) is 0 Å². The highest BCUT2D eigenvalue weighted by molar-refractivity contribution is 5.03. The molecule has 0 radical (unpaired) electrons. The maximum atomic E-state index is 5.78. The zero-order valence-corrected chi connectivity index (χ0v) is 9.97. The largest absolute Gasteiger partial charge is 0.328 e. The number of likely N-dealkylation sites (N-methyl/N-ethyl adjacent to an activating group) is 1.